The number of benzene rings is 3. The molecule has 0 spiro atoms. The molecule has 3 aromatic carbocycles. The highest BCUT2D eigenvalue weighted by Gasteiger charge is 2.38. The molecule has 40 heavy (non-hydrogen) atoms. The largest absolute Gasteiger partial charge is 0.452 e. The predicted octanol–water partition coefficient (Wildman–Crippen LogP) is 6.11. The Labute approximate surface area is 234 Å². The molecule has 0 aliphatic carbocycles. The van der Waals surface area contributed by atoms with Crippen LogP contribution < -0.4 is 10.5 Å². The van der Waals surface area contributed by atoms with Crippen LogP contribution in [0.5, 0.6) is 5.75 Å². The fraction of sp³-hybridized carbons (Fsp3) is 0.375. The molecule has 0 aromatic heterocycles. The van der Waals surface area contributed by atoms with Gasteiger partial charge in [-0.3, -0.25) is 0 Å². The summed E-state index contributed by atoms with van der Waals surface area (Å²) in [5.41, 5.74) is 8.78. The maximum atomic E-state index is 12.3. The molecule has 210 valence electrons. The molecule has 8 heteroatoms. The van der Waals surface area contributed by atoms with Crippen LogP contribution in [-0.2, 0) is 31.0 Å². The van der Waals surface area contributed by atoms with Crippen molar-refractivity contribution in [1.82, 2.24) is 0 Å². The highest BCUT2D eigenvalue weighted by molar-refractivity contribution is 5.94. The molecular formula is C32H35NO7. The van der Waals surface area contributed by atoms with Crippen LogP contribution in [0.4, 0.5) is 4.79 Å². The van der Waals surface area contributed by atoms with Gasteiger partial charge in [0, 0.05) is 20.5 Å². The number of amides is 1. The van der Waals surface area contributed by atoms with Gasteiger partial charge in [0.25, 0.3) is 0 Å². The van der Waals surface area contributed by atoms with E-state index < -0.39 is 23.5 Å². The van der Waals surface area contributed by atoms with Crippen molar-refractivity contribution >= 4 is 12.1 Å². The zero-order chi connectivity index (χ0) is 28.2. The summed E-state index contributed by atoms with van der Waals surface area (Å²) in [5.74, 6) is -0.899. The van der Waals surface area contributed by atoms with Gasteiger partial charge in [0.2, 0.25) is 5.79 Å². The van der Waals surface area contributed by atoms with Gasteiger partial charge in [0.15, 0.2) is 6.29 Å². The molecule has 3 aromatic rings. The van der Waals surface area contributed by atoms with Crippen molar-refractivity contribution in [1.29, 1.82) is 0 Å². The Morgan fingerprint density at radius 3 is 2.45 bits per heavy atom. The third-order valence-corrected chi connectivity index (χ3v) is 7.24. The molecule has 8 nitrogen and oxygen atoms in total. The van der Waals surface area contributed by atoms with Crippen LogP contribution in [0, 0.1) is 0 Å². The van der Waals surface area contributed by atoms with E-state index in [9.17, 15) is 9.59 Å². The van der Waals surface area contributed by atoms with Gasteiger partial charge in [0.1, 0.15) is 23.5 Å². The Kier molecular flexibility index (Phi) is 8.09. The second-order valence-corrected chi connectivity index (χ2v) is 10.7. The maximum Gasteiger partial charge on any atom is 0.404 e. The number of fused-ring (bicyclic) bond motifs is 1. The van der Waals surface area contributed by atoms with Gasteiger partial charge >= 0.3 is 12.1 Å². The smallest absolute Gasteiger partial charge is 0.404 e. The van der Waals surface area contributed by atoms with Gasteiger partial charge in [0.05, 0.1) is 0 Å². The number of rotatable bonds is 9. The number of hydrogen-bond donors (Lipinski definition) is 1. The highest BCUT2D eigenvalue weighted by atomic mass is 16.7. The van der Waals surface area contributed by atoms with E-state index in [2.05, 4.69) is 12.1 Å². The molecular weight excluding hydrogens is 510 g/mol. The van der Waals surface area contributed by atoms with Gasteiger partial charge in [-0.25, -0.2) is 9.59 Å². The standard InChI is InChI=1S/C32H35NO7/c1-31(2)38-27-20-24(15-16-26(27)29(34)40-31)23-13-11-22(12-14-23)17-18-32(21-37-30(33)35,25-8-4-3-5-9-25)39-28-10-6-7-19-36-28/h3-5,8-9,11-16,20,28H,6-7,10,17-19,21H2,1-2H3,(H2,33,35)/t28?,32-/m0/s1. The summed E-state index contributed by atoms with van der Waals surface area (Å²) in [7, 11) is 0. The van der Waals surface area contributed by atoms with E-state index in [-0.39, 0.29) is 12.9 Å². The van der Waals surface area contributed by atoms with Crippen LogP contribution in [0.3, 0.4) is 0 Å². The van der Waals surface area contributed by atoms with Crippen molar-refractivity contribution in [2.75, 3.05) is 13.2 Å². The number of primary amides is 1. The van der Waals surface area contributed by atoms with Gasteiger partial charge < -0.3 is 29.4 Å². The Morgan fingerprint density at radius 2 is 1.75 bits per heavy atom. The first-order valence-corrected chi connectivity index (χ1v) is 13.7. The first kappa shape index (κ1) is 27.7. The van der Waals surface area contributed by atoms with Gasteiger partial charge in [-0.1, -0.05) is 60.7 Å². The number of cyclic esters (lactones) is 1. The Hall–Kier alpha value is -3.88. The molecule has 2 atom stereocenters. The lowest BCUT2D eigenvalue weighted by Gasteiger charge is -2.38. The molecule has 1 fully saturated rings. The highest BCUT2D eigenvalue weighted by Crippen LogP contribution is 2.37. The van der Waals surface area contributed by atoms with Crippen molar-refractivity contribution in [2.24, 2.45) is 5.73 Å². The zero-order valence-electron chi connectivity index (χ0n) is 22.9. The minimum absolute atomic E-state index is 0.0157. The molecule has 1 saturated heterocycles. The third-order valence-electron chi connectivity index (χ3n) is 7.24. The third kappa shape index (κ3) is 6.46. The van der Waals surface area contributed by atoms with E-state index in [1.54, 1.807) is 19.9 Å². The lowest BCUT2D eigenvalue weighted by molar-refractivity contribution is -0.241. The average molecular weight is 546 g/mol. The molecule has 5 rings (SSSR count). The molecule has 1 amide bonds. The van der Waals surface area contributed by atoms with E-state index in [0.29, 0.717) is 30.8 Å². The second-order valence-electron chi connectivity index (χ2n) is 10.7. The van der Waals surface area contributed by atoms with Crippen molar-refractivity contribution in [3.63, 3.8) is 0 Å². The molecule has 2 heterocycles. The molecule has 1 unspecified atom stereocenters. The first-order valence-electron chi connectivity index (χ1n) is 13.7. The van der Waals surface area contributed by atoms with Crippen LogP contribution in [0.25, 0.3) is 11.1 Å². The Bertz CT molecular complexity index is 1330. The molecule has 0 bridgehead atoms. The van der Waals surface area contributed by atoms with Crippen LogP contribution in [0.15, 0.2) is 72.8 Å². The Morgan fingerprint density at radius 1 is 1.00 bits per heavy atom. The summed E-state index contributed by atoms with van der Waals surface area (Å²) in [6, 6.07) is 23.5. The summed E-state index contributed by atoms with van der Waals surface area (Å²) < 4.78 is 29.1. The number of carbonyl (C=O) groups is 2. The van der Waals surface area contributed by atoms with E-state index in [0.717, 1.165) is 41.5 Å². The lowest BCUT2D eigenvalue weighted by Crippen LogP contribution is -2.42. The van der Waals surface area contributed by atoms with Gasteiger partial charge in [-0.15, -0.1) is 0 Å². The van der Waals surface area contributed by atoms with Crippen molar-refractivity contribution < 1.29 is 33.3 Å². The molecule has 2 aliphatic rings. The molecule has 0 radical (unpaired) electrons. The van der Waals surface area contributed by atoms with Crippen LogP contribution in [-0.4, -0.2) is 37.4 Å². The minimum Gasteiger partial charge on any atom is -0.452 e. The van der Waals surface area contributed by atoms with Crippen molar-refractivity contribution in [3.05, 3.63) is 89.5 Å². The number of nitrogens with two attached hydrogens (primary N) is 1. The quantitative estimate of drug-likeness (QED) is 0.324. The second kappa shape index (κ2) is 11.7. The van der Waals surface area contributed by atoms with E-state index in [4.69, 9.17) is 29.4 Å². The van der Waals surface area contributed by atoms with Crippen molar-refractivity contribution in [3.8, 4) is 16.9 Å². The van der Waals surface area contributed by atoms with Gasteiger partial charge in [-0.05, 0) is 66.5 Å². The fourth-order valence-corrected chi connectivity index (χ4v) is 5.18. The minimum atomic E-state index is -1.01. The summed E-state index contributed by atoms with van der Waals surface area (Å²) >= 11 is 0. The SMILES string of the molecule is CC1(C)OC(=O)c2ccc(-c3ccc(CC[C@@](COC(N)=O)(OC4CCCCO4)c4ccccc4)cc3)cc2O1. The average Bonchev–Trinajstić information content (AvgIpc) is 2.95. The number of carbonyl (C=O) groups excluding carboxylic acids is 2. The van der Waals surface area contributed by atoms with E-state index >= 15 is 0 Å². The topological polar surface area (TPSA) is 106 Å². The fourth-order valence-electron chi connectivity index (χ4n) is 5.18. The summed E-state index contributed by atoms with van der Waals surface area (Å²) in [6.45, 7) is 4.05. The molecule has 2 aliphatic heterocycles. The number of ether oxygens (including phenoxy) is 5. The maximum absolute atomic E-state index is 12.3. The number of hydrogen-bond acceptors (Lipinski definition) is 7. The van der Waals surface area contributed by atoms with Crippen LogP contribution in [0.2, 0.25) is 0 Å². The monoisotopic (exact) mass is 545 g/mol. The number of aryl methyl sites for hydroxylation is 1. The summed E-state index contributed by atoms with van der Waals surface area (Å²) in [6.07, 6.45) is 2.77. The normalized spacial score (nSPS) is 19.4. The van der Waals surface area contributed by atoms with Crippen LogP contribution >= 0.6 is 0 Å². The summed E-state index contributed by atoms with van der Waals surface area (Å²) in [4.78, 5) is 23.9. The number of esters is 1. The van der Waals surface area contributed by atoms with E-state index in [1.165, 1.54) is 0 Å². The summed E-state index contributed by atoms with van der Waals surface area (Å²) in [5, 5.41) is 0. The lowest BCUT2D eigenvalue weighted by atomic mass is 9.87. The molecule has 2 N–H and O–H groups in total. The Balaban J connectivity index is 1.36. The van der Waals surface area contributed by atoms with E-state index in [1.807, 2.05) is 54.6 Å². The van der Waals surface area contributed by atoms with Crippen molar-refractivity contribution in [2.45, 2.75) is 63.6 Å². The first-order chi connectivity index (χ1) is 19.2. The molecule has 0 saturated carbocycles. The zero-order valence-corrected chi connectivity index (χ0v) is 22.9. The predicted molar refractivity (Wildman–Crippen MR) is 149 cm³/mol. The van der Waals surface area contributed by atoms with Crippen LogP contribution in [0.1, 0.15) is 61.0 Å². The van der Waals surface area contributed by atoms with Gasteiger partial charge in [-0.2, -0.15) is 0 Å².